The molecule has 1 aromatic heterocycles. The van der Waals surface area contributed by atoms with E-state index in [1.54, 1.807) is 9.80 Å². The van der Waals surface area contributed by atoms with Gasteiger partial charge in [0.2, 0.25) is 5.78 Å². The number of anilines is 2. The molecule has 0 radical (unpaired) electrons. The molecule has 0 saturated carbocycles. The molecule has 2 saturated heterocycles. The number of rotatable bonds is 8. The Bertz CT molecular complexity index is 2100. The Labute approximate surface area is 392 Å². The molecular weight excluding hydrogens is 965 g/mol. The Morgan fingerprint density at radius 3 is 1.70 bits per heavy atom. The molecule has 3 aromatic rings. The molecule has 0 spiro atoms. The van der Waals surface area contributed by atoms with E-state index in [1.165, 1.54) is 23.9 Å². The maximum absolute atomic E-state index is 13.9. The number of Topliss-reactive ketones (excluding diaryl/α,β-unsaturated/α-hetero) is 1. The largest absolute Gasteiger partial charge is 0.444 e. The minimum atomic E-state index is -0.947. The van der Waals surface area contributed by atoms with Crippen molar-refractivity contribution in [2.24, 2.45) is 10.7 Å². The quantitative estimate of drug-likeness (QED) is 0.0418. The van der Waals surface area contributed by atoms with Crippen molar-refractivity contribution in [3.05, 3.63) is 75.7 Å². The monoisotopic (exact) mass is 1020 g/mol. The summed E-state index contributed by atoms with van der Waals surface area (Å²) in [6.07, 6.45) is 2.34. The molecule has 2 aliphatic heterocycles. The normalized spacial score (nSPS) is 14.9. The molecule has 352 valence electrons. The maximum Gasteiger partial charge on any atom is 0.410 e. The number of ether oxygens (including phenoxy) is 2. The smallest absolute Gasteiger partial charge is 0.410 e. The molecule has 0 bridgehead atoms. The van der Waals surface area contributed by atoms with Crippen molar-refractivity contribution in [1.82, 2.24) is 20.1 Å². The lowest BCUT2D eigenvalue weighted by atomic mass is 10.1. The van der Waals surface area contributed by atoms with Gasteiger partial charge in [-0.05, 0) is 109 Å². The molecular formula is C42H55BrF4N8O6S3. The summed E-state index contributed by atoms with van der Waals surface area (Å²) in [4.78, 5) is 59.2. The van der Waals surface area contributed by atoms with Gasteiger partial charge in [-0.1, -0.05) is 58.1 Å². The lowest BCUT2D eigenvalue weighted by Gasteiger charge is -2.33. The number of amidine groups is 1. The molecule has 0 aliphatic carbocycles. The van der Waals surface area contributed by atoms with Gasteiger partial charge in [0.05, 0.1) is 16.5 Å². The number of nitrogens with two attached hydrogens (primary N) is 2. The minimum absolute atomic E-state index is 0.0161. The van der Waals surface area contributed by atoms with Crippen LogP contribution in [0.25, 0.3) is 0 Å². The first-order chi connectivity index (χ1) is 29.9. The topological polar surface area (TPSA) is 195 Å². The number of alkyl halides is 1. The number of amides is 2. The van der Waals surface area contributed by atoms with Crippen LogP contribution in [0.15, 0.2) is 41.4 Å². The van der Waals surface area contributed by atoms with Crippen molar-refractivity contribution in [3.63, 3.8) is 0 Å². The number of nitrogen functional groups attached to an aromatic ring is 1. The second-order valence-electron chi connectivity index (χ2n) is 16.3. The van der Waals surface area contributed by atoms with Gasteiger partial charge in [-0.2, -0.15) is 4.99 Å². The summed E-state index contributed by atoms with van der Waals surface area (Å²) < 4.78 is 64.2. The number of carbonyl (C=O) groups is 4. The number of halogens is 5. The van der Waals surface area contributed by atoms with Crippen molar-refractivity contribution < 1.29 is 46.2 Å². The number of hydrogen-bond acceptors (Lipinski definition) is 12. The average Bonchev–Trinajstić information content (AvgIpc) is 3.56. The van der Waals surface area contributed by atoms with Crippen LogP contribution in [-0.2, 0) is 9.47 Å². The number of hydrogen-bond donors (Lipinski definition) is 4. The molecule has 2 aromatic carbocycles. The van der Waals surface area contributed by atoms with Crippen LogP contribution in [0, 0.1) is 23.3 Å². The number of likely N-dealkylation sites (tertiary alicyclic amines) is 2. The van der Waals surface area contributed by atoms with Gasteiger partial charge >= 0.3 is 12.2 Å². The van der Waals surface area contributed by atoms with Gasteiger partial charge in [0.15, 0.2) is 21.2 Å². The van der Waals surface area contributed by atoms with Crippen LogP contribution in [0.4, 0.5) is 38.1 Å². The van der Waals surface area contributed by atoms with Gasteiger partial charge in [-0.3, -0.25) is 9.59 Å². The number of aliphatic imine (C=N–C) groups is 1. The molecule has 0 atom stereocenters. The summed E-state index contributed by atoms with van der Waals surface area (Å²) in [7, 11) is 0. The standard InChI is InChI=1S/C20H24F2N4O3S.C14H26N4O2S2.C8H5BrF2O/c1-20(2,3)29-19(28)26-9-7-11(8-10-26)24-18-25-17(23)16(30-18)15(27)14-12(21)5-4-6-13(14)22;1-5-22-11(15)17-12(21)16-10-6-8-18(9-7-10)13(19)20-14(2,3)4;9-4-7(12)8-5(10)2-1-3-6(8)11/h4-6,11H,7-10,23H2,1-3H3,(H,24,25);10H,5-9H2,1-4H3,(H3,15,16,17,21);1-3H,4H2. The lowest BCUT2D eigenvalue weighted by molar-refractivity contribution is 0.0195. The second kappa shape index (κ2) is 24.7. The zero-order chi connectivity index (χ0) is 47.9. The molecule has 0 unspecified atom stereocenters. The van der Waals surface area contributed by atoms with E-state index in [4.69, 9.17) is 33.2 Å². The number of nitrogens with zero attached hydrogens (tertiary/aromatic N) is 4. The summed E-state index contributed by atoms with van der Waals surface area (Å²) in [5.74, 6) is -4.18. The van der Waals surface area contributed by atoms with Crippen LogP contribution in [0.3, 0.4) is 0 Å². The number of benzene rings is 2. The summed E-state index contributed by atoms with van der Waals surface area (Å²) in [6, 6.07) is 6.79. The summed E-state index contributed by atoms with van der Waals surface area (Å²) in [6.45, 7) is 15.4. The molecule has 6 N–H and O–H groups in total. The van der Waals surface area contributed by atoms with E-state index in [0.29, 0.717) is 54.4 Å². The summed E-state index contributed by atoms with van der Waals surface area (Å²) >= 11 is 10.4. The number of nitrogens with one attached hydrogen (secondary N) is 2. The highest BCUT2D eigenvalue weighted by molar-refractivity contribution is 9.09. The molecule has 14 nitrogen and oxygen atoms in total. The Kier molecular flexibility index (Phi) is 20.7. The van der Waals surface area contributed by atoms with E-state index in [9.17, 15) is 36.7 Å². The van der Waals surface area contributed by atoms with Gasteiger partial charge in [0.25, 0.3) is 0 Å². The number of carbonyl (C=O) groups excluding carboxylic acids is 4. The van der Waals surface area contributed by atoms with Crippen LogP contribution in [0.5, 0.6) is 0 Å². The minimum Gasteiger partial charge on any atom is -0.444 e. The average molecular weight is 1020 g/mol. The Morgan fingerprint density at radius 1 is 0.844 bits per heavy atom. The van der Waals surface area contributed by atoms with Gasteiger partial charge in [-0.25, -0.2) is 32.1 Å². The van der Waals surface area contributed by atoms with Gasteiger partial charge < -0.3 is 41.4 Å². The summed E-state index contributed by atoms with van der Waals surface area (Å²) in [5.41, 5.74) is 9.42. The van der Waals surface area contributed by atoms with E-state index in [1.807, 2.05) is 48.5 Å². The van der Waals surface area contributed by atoms with E-state index in [0.717, 1.165) is 54.2 Å². The zero-order valence-corrected chi connectivity index (χ0v) is 40.7. The fraction of sp³-hybridized carbons (Fsp3) is 0.500. The first kappa shape index (κ1) is 53.8. The predicted molar refractivity (Wildman–Crippen MR) is 252 cm³/mol. The van der Waals surface area contributed by atoms with Crippen molar-refractivity contribution >= 4 is 96.2 Å². The van der Waals surface area contributed by atoms with E-state index in [2.05, 4.69) is 36.5 Å². The number of thioether (sulfide) groups is 1. The van der Waals surface area contributed by atoms with Crippen molar-refractivity contribution in [3.8, 4) is 0 Å². The fourth-order valence-corrected chi connectivity index (χ4v) is 7.91. The molecule has 5 rings (SSSR count). The van der Waals surface area contributed by atoms with Crippen LogP contribution in [-0.4, -0.2) is 109 Å². The number of ketones is 2. The lowest BCUT2D eigenvalue weighted by Crippen LogP contribution is -2.47. The highest BCUT2D eigenvalue weighted by Crippen LogP contribution is 2.31. The molecule has 2 aliphatic rings. The molecule has 3 heterocycles. The third kappa shape index (κ3) is 17.4. The second-order valence-corrected chi connectivity index (χ2v) is 19.5. The van der Waals surface area contributed by atoms with Gasteiger partial charge in [-0.15, -0.1) is 0 Å². The van der Waals surface area contributed by atoms with Crippen LogP contribution >= 0.6 is 51.2 Å². The van der Waals surface area contributed by atoms with Crippen LogP contribution in [0.1, 0.15) is 99.7 Å². The SMILES string of the molecule is CC(C)(C)OC(=O)N1CCC(Nc2nc(N)c(C(=O)c3c(F)cccc3F)s2)CC1.CCSC(N)=NC(=S)NC1CCN(C(=O)OC(C)(C)C)CC1.O=C(CBr)c1c(F)cccc1F. The fourth-order valence-electron chi connectivity index (χ4n) is 5.94. The van der Waals surface area contributed by atoms with E-state index in [-0.39, 0.29) is 40.3 Å². The van der Waals surface area contributed by atoms with Gasteiger partial charge in [0, 0.05) is 38.3 Å². The van der Waals surface area contributed by atoms with Crippen molar-refractivity contribution in [1.29, 1.82) is 0 Å². The van der Waals surface area contributed by atoms with Crippen LogP contribution in [0.2, 0.25) is 0 Å². The molecule has 22 heteroatoms. The highest BCUT2D eigenvalue weighted by atomic mass is 79.9. The number of aromatic nitrogens is 1. The first-order valence-electron chi connectivity index (χ1n) is 20.2. The Balaban J connectivity index is 0.000000280. The third-order valence-electron chi connectivity index (χ3n) is 8.86. The maximum atomic E-state index is 13.9. The van der Waals surface area contributed by atoms with Crippen molar-refractivity contribution in [2.75, 3.05) is 48.3 Å². The number of piperidine rings is 2. The molecule has 2 amide bonds. The molecule has 2 fully saturated rings. The third-order valence-corrected chi connectivity index (χ3v) is 11.3. The zero-order valence-electron chi connectivity index (χ0n) is 36.7. The summed E-state index contributed by atoms with van der Waals surface area (Å²) in [5, 5.41) is 7.58. The van der Waals surface area contributed by atoms with Crippen molar-refractivity contribution in [2.45, 2.75) is 97.4 Å². The van der Waals surface area contributed by atoms with E-state index >= 15 is 0 Å². The van der Waals surface area contributed by atoms with E-state index < -0.39 is 57.2 Å². The first-order valence-corrected chi connectivity index (χ1v) is 23.5. The Hall–Kier alpha value is -4.54. The highest BCUT2D eigenvalue weighted by Gasteiger charge is 2.30. The molecule has 64 heavy (non-hydrogen) atoms. The Morgan fingerprint density at radius 2 is 1.28 bits per heavy atom. The number of thiocarbonyl (C=S) groups is 1. The number of thiazole rings is 1. The predicted octanol–water partition coefficient (Wildman–Crippen LogP) is 8.92. The van der Waals surface area contributed by atoms with Crippen LogP contribution < -0.4 is 22.1 Å². The van der Waals surface area contributed by atoms with Gasteiger partial charge in [0.1, 0.15) is 45.2 Å².